The normalized spacial score (nSPS) is 15.8. The highest BCUT2D eigenvalue weighted by molar-refractivity contribution is 5.87. The molecular formula is C16H9F21O2. The standard InChI is InChI=1S/C16H9F21O2/c1-3-39-6(38)5(2)4-7(17,18)8(19,20)9(21,22)10(23,24)11(25,26)12(27,28)13(29,30)14(31,32)15(33,34)16(35,36)37/h2-4H2,1H3. The lowest BCUT2D eigenvalue weighted by atomic mass is 9.85. The summed E-state index contributed by atoms with van der Waals surface area (Å²) in [5.41, 5.74) is -1.99. The molecule has 0 N–H and O–H groups in total. The van der Waals surface area contributed by atoms with Gasteiger partial charge in [0, 0.05) is 12.0 Å². The Morgan fingerprint density at radius 2 is 0.769 bits per heavy atom. The molecule has 232 valence electrons. The molecule has 0 fully saturated rings. The van der Waals surface area contributed by atoms with Crippen LogP contribution in [-0.2, 0) is 9.53 Å². The van der Waals surface area contributed by atoms with E-state index in [1.165, 1.54) is 0 Å². The monoisotopic (exact) mass is 632 g/mol. The van der Waals surface area contributed by atoms with Gasteiger partial charge in [-0.3, -0.25) is 0 Å². The van der Waals surface area contributed by atoms with Crippen LogP contribution in [0, 0.1) is 0 Å². The van der Waals surface area contributed by atoms with Crippen LogP contribution in [0.4, 0.5) is 92.2 Å². The number of hydrogen-bond acceptors (Lipinski definition) is 2. The molecule has 0 amide bonds. The van der Waals surface area contributed by atoms with Crippen molar-refractivity contribution in [2.45, 2.75) is 72.8 Å². The highest BCUT2D eigenvalue weighted by Gasteiger charge is 2.97. The van der Waals surface area contributed by atoms with Crippen LogP contribution in [0.5, 0.6) is 0 Å². The van der Waals surface area contributed by atoms with Crippen molar-refractivity contribution in [3.8, 4) is 0 Å². The molecule has 0 aliphatic rings. The summed E-state index contributed by atoms with van der Waals surface area (Å²) in [5.74, 6) is -79.9. The van der Waals surface area contributed by atoms with E-state index in [1.54, 1.807) is 0 Å². The number of carbonyl (C=O) groups is 1. The molecule has 0 aliphatic carbocycles. The number of alkyl halides is 21. The smallest absolute Gasteiger partial charge is 0.460 e. The largest absolute Gasteiger partial charge is 0.463 e. The summed E-state index contributed by atoms with van der Waals surface area (Å²) in [4.78, 5) is 11.1. The van der Waals surface area contributed by atoms with Gasteiger partial charge in [0.05, 0.1) is 6.61 Å². The molecule has 0 heterocycles. The Bertz CT molecular complexity index is 929. The van der Waals surface area contributed by atoms with Gasteiger partial charge >= 0.3 is 65.4 Å². The maximum atomic E-state index is 13.7. The van der Waals surface area contributed by atoms with E-state index in [0.717, 1.165) is 6.92 Å². The Balaban J connectivity index is 6.96. The first kappa shape index (κ1) is 36.7. The van der Waals surface area contributed by atoms with Crippen LogP contribution in [0.25, 0.3) is 0 Å². The molecule has 2 nitrogen and oxygen atoms in total. The molecule has 0 aromatic carbocycles. The molecule has 0 rings (SSSR count). The van der Waals surface area contributed by atoms with Gasteiger partial charge in [0.15, 0.2) is 0 Å². The summed E-state index contributed by atoms with van der Waals surface area (Å²) >= 11 is 0. The second-order valence-electron chi connectivity index (χ2n) is 7.30. The number of esters is 1. The minimum absolute atomic E-state index is 0.762. The Morgan fingerprint density at radius 1 is 0.513 bits per heavy atom. The third-order valence-corrected chi connectivity index (χ3v) is 4.58. The van der Waals surface area contributed by atoms with Crippen LogP contribution >= 0.6 is 0 Å². The molecular weight excluding hydrogens is 623 g/mol. The predicted octanol–water partition coefficient (Wildman–Crippen LogP) is 7.78. The fourth-order valence-corrected chi connectivity index (χ4v) is 2.28. The molecule has 0 aromatic rings. The molecule has 0 bridgehead atoms. The van der Waals surface area contributed by atoms with Crippen LogP contribution in [0.2, 0.25) is 0 Å². The lowest BCUT2D eigenvalue weighted by molar-refractivity contribution is -0.474. The molecule has 0 aromatic heterocycles. The molecule has 0 saturated carbocycles. The van der Waals surface area contributed by atoms with Gasteiger partial charge in [0.1, 0.15) is 0 Å². The fraction of sp³-hybridized carbons (Fsp3) is 0.812. The van der Waals surface area contributed by atoms with E-state index in [9.17, 15) is 97.0 Å². The van der Waals surface area contributed by atoms with Crippen molar-refractivity contribution in [1.82, 2.24) is 0 Å². The number of ether oxygens (including phenoxy) is 1. The van der Waals surface area contributed by atoms with E-state index in [0.29, 0.717) is 0 Å². The Morgan fingerprint density at radius 3 is 1.03 bits per heavy atom. The van der Waals surface area contributed by atoms with Crippen molar-refractivity contribution >= 4 is 5.97 Å². The first-order chi connectivity index (χ1) is 16.6. The highest BCUT2D eigenvalue weighted by Crippen LogP contribution is 2.66. The lowest BCUT2D eigenvalue weighted by Gasteiger charge is -2.44. The number of hydrogen-bond donors (Lipinski definition) is 0. The van der Waals surface area contributed by atoms with Crippen LogP contribution in [0.1, 0.15) is 13.3 Å². The zero-order valence-corrected chi connectivity index (χ0v) is 17.9. The van der Waals surface area contributed by atoms with Gasteiger partial charge in [-0.2, -0.15) is 92.2 Å². The van der Waals surface area contributed by atoms with Crippen LogP contribution < -0.4 is 0 Å². The average Bonchev–Trinajstić information content (AvgIpc) is 2.71. The summed E-state index contributed by atoms with van der Waals surface area (Å²) in [6, 6.07) is 0. The van der Waals surface area contributed by atoms with Gasteiger partial charge in [-0.1, -0.05) is 6.58 Å². The SMILES string of the molecule is C=C(CC(F)(F)C(F)(F)C(F)(F)C(F)(F)C(F)(F)C(F)(F)C(F)(F)C(F)(F)C(F)(F)C(F)(F)F)C(=O)OCC. The molecule has 0 saturated heterocycles. The van der Waals surface area contributed by atoms with E-state index in [2.05, 4.69) is 11.3 Å². The van der Waals surface area contributed by atoms with E-state index in [4.69, 9.17) is 0 Å². The Hall–Kier alpha value is -2.26. The second-order valence-corrected chi connectivity index (χ2v) is 7.30. The molecule has 39 heavy (non-hydrogen) atoms. The van der Waals surface area contributed by atoms with Crippen molar-refractivity contribution in [2.24, 2.45) is 0 Å². The minimum Gasteiger partial charge on any atom is -0.463 e. The van der Waals surface area contributed by atoms with Gasteiger partial charge in [-0.15, -0.1) is 0 Å². The van der Waals surface area contributed by atoms with Crippen molar-refractivity contribution in [3.05, 3.63) is 12.2 Å². The molecule has 0 aliphatic heterocycles. The van der Waals surface area contributed by atoms with E-state index in [-0.39, 0.29) is 0 Å². The molecule has 0 atom stereocenters. The molecule has 0 spiro atoms. The molecule has 0 radical (unpaired) electrons. The summed E-state index contributed by atoms with van der Waals surface area (Å²) in [6.45, 7) is 2.43. The summed E-state index contributed by atoms with van der Waals surface area (Å²) < 4.78 is 282. The summed E-state index contributed by atoms with van der Waals surface area (Å²) in [5, 5.41) is 0. The number of carbonyl (C=O) groups excluding carboxylic acids is 1. The zero-order valence-electron chi connectivity index (χ0n) is 17.9. The third-order valence-electron chi connectivity index (χ3n) is 4.58. The van der Waals surface area contributed by atoms with E-state index in [1.807, 2.05) is 0 Å². The van der Waals surface area contributed by atoms with Crippen LogP contribution in [-0.4, -0.2) is 72.1 Å². The van der Waals surface area contributed by atoms with E-state index < -0.39 is 84.0 Å². The first-order valence-electron chi connectivity index (χ1n) is 8.93. The highest BCUT2D eigenvalue weighted by atomic mass is 19.4. The van der Waals surface area contributed by atoms with Gasteiger partial charge in [0.2, 0.25) is 0 Å². The van der Waals surface area contributed by atoms with Crippen molar-refractivity contribution in [1.29, 1.82) is 0 Å². The second kappa shape index (κ2) is 9.68. The third kappa shape index (κ3) is 4.94. The summed E-state index contributed by atoms with van der Waals surface area (Å²) in [7, 11) is 0. The van der Waals surface area contributed by atoms with Crippen molar-refractivity contribution in [2.75, 3.05) is 6.61 Å². The topological polar surface area (TPSA) is 26.3 Å². The molecule has 0 unspecified atom stereocenters. The minimum atomic E-state index is -9.23. The Kier molecular flexibility index (Phi) is 9.12. The fourth-order valence-electron chi connectivity index (χ4n) is 2.28. The number of halogens is 21. The number of rotatable bonds is 12. The Labute approximate surface area is 200 Å². The van der Waals surface area contributed by atoms with Gasteiger partial charge in [0.25, 0.3) is 0 Å². The first-order valence-corrected chi connectivity index (χ1v) is 8.93. The molecule has 23 heteroatoms. The van der Waals surface area contributed by atoms with Crippen molar-refractivity contribution in [3.63, 3.8) is 0 Å². The summed E-state index contributed by atoms with van der Waals surface area (Å²) in [6.07, 6.45) is -11.2. The quantitative estimate of drug-likeness (QED) is 0.125. The van der Waals surface area contributed by atoms with Crippen molar-refractivity contribution < 1.29 is 102 Å². The maximum absolute atomic E-state index is 13.7. The maximum Gasteiger partial charge on any atom is 0.460 e. The van der Waals surface area contributed by atoms with Crippen LogP contribution in [0.15, 0.2) is 12.2 Å². The average molecular weight is 632 g/mol. The van der Waals surface area contributed by atoms with Gasteiger partial charge in [-0.05, 0) is 6.92 Å². The zero-order chi connectivity index (χ0) is 32.3. The van der Waals surface area contributed by atoms with Crippen LogP contribution in [0.3, 0.4) is 0 Å². The van der Waals surface area contributed by atoms with Gasteiger partial charge < -0.3 is 4.74 Å². The van der Waals surface area contributed by atoms with Gasteiger partial charge in [-0.25, -0.2) is 4.79 Å². The lowest BCUT2D eigenvalue weighted by Crippen LogP contribution is -2.76. The predicted molar refractivity (Wildman–Crippen MR) is 81.0 cm³/mol. The van der Waals surface area contributed by atoms with E-state index >= 15 is 0 Å².